The largest absolute Gasteiger partial charge is 0.389 e. The van der Waals surface area contributed by atoms with Crippen molar-refractivity contribution in [3.8, 4) is 0 Å². The van der Waals surface area contributed by atoms with Gasteiger partial charge in [-0.3, -0.25) is 4.79 Å². The number of carbonyl (C=O) groups excluding carboxylic acids is 1. The van der Waals surface area contributed by atoms with Gasteiger partial charge in [-0.05, 0) is 51.5 Å². The fourth-order valence-electron chi connectivity index (χ4n) is 3.98. The Morgan fingerprint density at radius 3 is 2.54 bits per heavy atom. The monoisotopic (exact) mass is 328 g/mol. The third kappa shape index (κ3) is 2.49. The van der Waals surface area contributed by atoms with Crippen molar-refractivity contribution >= 4 is 11.6 Å². The number of piperidine rings is 1. The van der Waals surface area contributed by atoms with Gasteiger partial charge in [0.25, 0.3) is 5.91 Å². The molecule has 6 nitrogen and oxygen atoms in total. The van der Waals surface area contributed by atoms with Crippen LogP contribution in [0.5, 0.6) is 0 Å². The van der Waals surface area contributed by atoms with Crippen LogP contribution in [-0.2, 0) is 0 Å². The van der Waals surface area contributed by atoms with Crippen LogP contribution in [0.3, 0.4) is 0 Å². The minimum atomic E-state index is -0.569. The molecule has 2 aromatic rings. The van der Waals surface area contributed by atoms with Gasteiger partial charge in [-0.25, -0.2) is 9.50 Å². The van der Waals surface area contributed by atoms with Gasteiger partial charge < -0.3 is 10.0 Å². The Hall–Kier alpha value is -1.95. The Morgan fingerprint density at radius 1 is 1.21 bits per heavy atom. The summed E-state index contributed by atoms with van der Waals surface area (Å²) in [5, 5.41) is 15.2. The number of aromatic nitrogens is 3. The van der Waals surface area contributed by atoms with E-state index in [2.05, 4.69) is 10.1 Å². The summed E-state index contributed by atoms with van der Waals surface area (Å²) in [6.45, 7) is 5.01. The van der Waals surface area contributed by atoms with Gasteiger partial charge >= 0.3 is 0 Å². The second-order valence-corrected chi connectivity index (χ2v) is 7.36. The smallest absolute Gasteiger partial charge is 0.272 e. The number of aliphatic hydroxyl groups is 1. The molecule has 3 heterocycles. The highest BCUT2D eigenvalue weighted by Crippen LogP contribution is 2.42. The third-order valence-electron chi connectivity index (χ3n) is 5.68. The molecular formula is C18H24N4O2. The Labute approximate surface area is 141 Å². The Morgan fingerprint density at radius 2 is 1.92 bits per heavy atom. The number of amides is 1. The van der Waals surface area contributed by atoms with Crippen molar-refractivity contribution in [3.05, 3.63) is 29.2 Å². The van der Waals surface area contributed by atoms with Gasteiger partial charge in [0.05, 0.1) is 11.3 Å². The van der Waals surface area contributed by atoms with E-state index in [0.717, 1.165) is 24.2 Å². The molecule has 128 valence electrons. The molecule has 0 radical (unpaired) electrons. The van der Waals surface area contributed by atoms with Gasteiger partial charge in [0.1, 0.15) is 5.69 Å². The average Bonchev–Trinajstić information content (AvgIpc) is 2.84. The van der Waals surface area contributed by atoms with E-state index < -0.39 is 5.60 Å². The number of rotatable bonds is 2. The van der Waals surface area contributed by atoms with Crippen LogP contribution in [0.1, 0.15) is 54.0 Å². The summed E-state index contributed by atoms with van der Waals surface area (Å²) < 4.78 is 1.64. The standard InChI is InChI=1S/C18H24N4O2/c1-12-10-15(22-16(19-12)11-13(2)20-22)17(23)21-8-6-18(24,7-9-21)14-4-3-5-14/h10-11,14,24H,3-9H2,1-2H3. The molecule has 0 spiro atoms. The maximum absolute atomic E-state index is 13.0. The van der Waals surface area contributed by atoms with E-state index in [-0.39, 0.29) is 5.91 Å². The Bertz CT molecular complexity index is 786. The molecule has 1 aliphatic heterocycles. The molecule has 2 aliphatic rings. The maximum Gasteiger partial charge on any atom is 0.272 e. The van der Waals surface area contributed by atoms with Crippen LogP contribution in [-0.4, -0.2) is 49.2 Å². The number of aryl methyl sites for hydroxylation is 2. The molecular weight excluding hydrogens is 304 g/mol. The highest BCUT2D eigenvalue weighted by molar-refractivity contribution is 5.93. The summed E-state index contributed by atoms with van der Waals surface area (Å²) in [7, 11) is 0. The zero-order valence-electron chi connectivity index (χ0n) is 14.3. The van der Waals surface area contributed by atoms with E-state index in [9.17, 15) is 9.90 Å². The quantitative estimate of drug-likeness (QED) is 0.916. The van der Waals surface area contributed by atoms with Gasteiger partial charge in [0.2, 0.25) is 0 Å². The molecule has 1 saturated carbocycles. The van der Waals surface area contributed by atoms with Crippen LogP contribution in [0.2, 0.25) is 0 Å². The van der Waals surface area contributed by atoms with E-state index in [1.165, 1.54) is 6.42 Å². The van der Waals surface area contributed by atoms with E-state index in [1.54, 1.807) is 10.6 Å². The predicted molar refractivity (Wildman–Crippen MR) is 89.9 cm³/mol. The van der Waals surface area contributed by atoms with Crippen molar-refractivity contribution in [1.82, 2.24) is 19.5 Å². The van der Waals surface area contributed by atoms with Crippen LogP contribution in [0.4, 0.5) is 0 Å². The molecule has 0 unspecified atom stereocenters. The highest BCUT2D eigenvalue weighted by Gasteiger charge is 2.43. The molecule has 0 atom stereocenters. The van der Waals surface area contributed by atoms with Crippen molar-refractivity contribution in [2.45, 2.75) is 51.6 Å². The molecule has 0 bridgehead atoms. The lowest BCUT2D eigenvalue weighted by Gasteiger charge is -2.46. The number of likely N-dealkylation sites (tertiary alicyclic amines) is 1. The summed E-state index contributed by atoms with van der Waals surface area (Å²) in [6, 6.07) is 3.68. The molecule has 4 rings (SSSR count). The number of hydrogen-bond donors (Lipinski definition) is 1. The van der Waals surface area contributed by atoms with Gasteiger partial charge in [-0.2, -0.15) is 5.10 Å². The molecule has 1 N–H and O–H groups in total. The number of fused-ring (bicyclic) bond motifs is 1. The molecule has 2 fully saturated rings. The van der Waals surface area contributed by atoms with Crippen molar-refractivity contribution < 1.29 is 9.90 Å². The van der Waals surface area contributed by atoms with Crippen molar-refractivity contribution in [2.24, 2.45) is 5.92 Å². The first-order valence-electron chi connectivity index (χ1n) is 8.82. The summed E-state index contributed by atoms with van der Waals surface area (Å²) in [5.41, 5.74) is 2.35. The molecule has 2 aromatic heterocycles. The van der Waals surface area contributed by atoms with Gasteiger partial charge in [0, 0.05) is 24.8 Å². The second-order valence-electron chi connectivity index (χ2n) is 7.36. The van der Waals surface area contributed by atoms with Crippen LogP contribution < -0.4 is 0 Å². The lowest BCUT2D eigenvalue weighted by Crippen LogP contribution is -2.52. The van der Waals surface area contributed by atoms with Gasteiger partial charge in [0.15, 0.2) is 5.65 Å². The maximum atomic E-state index is 13.0. The minimum absolute atomic E-state index is 0.0238. The first-order valence-corrected chi connectivity index (χ1v) is 8.82. The summed E-state index contributed by atoms with van der Waals surface area (Å²) >= 11 is 0. The van der Waals surface area contributed by atoms with Crippen molar-refractivity contribution in [3.63, 3.8) is 0 Å². The minimum Gasteiger partial charge on any atom is -0.389 e. The topological polar surface area (TPSA) is 70.7 Å². The number of nitrogens with zero attached hydrogens (tertiary/aromatic N) is 4. The van der Waals surface area contributed by atoms with Gasteiger partial charge in [-0.1, -0.05) is 6.42 Å². The number of hydrogen-bond acceptors (Lipinski definition) is 4. The number of carbonyl (C=O) groups is 1. The second kappa shape index (κ2) is 5.55. The van der Waals surface area contributed by atoms with Crippen LogP contribution in [0.25, 0.3) is 5.65 Å². The van der Waals surface area contributed by atoms with Crippen molar-refractivity contribution in [2.75, 3.05) is 13.1 Å². The van der Waals surface area contributed by atoms with Crippen LogP contribution in [0, 0.1) is 19.8 Å². The molecule has 1 amide bonds. The SMILES string of the molecule is Cc1cc(C(=O)N2CCC(O)(C3CCC3)CC2)n2nc(C)cc2n1. The fourth-order valence-corrected chi connectivity index (χ4v) is 3.98. The third-order valence-corrected chi connectivity index (χ3v) is 5.68. The van der Waals surface area contributed by atoms with Gasteiger partial charge in [-0.15, -0.1) is 0 Å². The zero-order valence-corrected chi connectivity index (χ0v) is 14.3. The summed E-state index contributed by atoms with van der Waals surface area (Å²) in [5.74, 6) is 0.405. The predicted octanol–water partition coefficient (Wildman–Crippen LogP) is 2.11. The zero-order chi connectivity index (χ0) is 16.9. The normalized spacial score (nSPS) is 21.0. The Kier molecular flexibility index (Phi) is 3.60. The van der Waals surface area contributed by atoms with E-state index in [1.807, 2.05) is 24.8 Å². The Balaban J connectivity index is 1.56. The lowest BCUT2D eigenvalue weighted by molar-refractivity contribution is -0.0862. The van der Waals surface area contributed by atoms with Crippen LogP contribution in [0.15, 0.2) is 12.1 Å². The van der Waals surface area contributed by atoms with E-state index in [0.29, 0.717) is 43.2 Å². The first kappa shape index (κ1) is 15.6. The van der Waals surface area contributed by atoms with Crippen molar-refractivity contribution in [1.29, 1.82) is 0 Å². The summed E-state index contributed by atoms with van der Waals surface area (Å²) in [6.07, 6.45) is 4.83. The van der Waals surface area contributed by atoms with Crippen LogP contribution >= 0.6 is 0 Å². The van der Waals surface area contributed by atoms with E-state index in [4.69, 9.17) is 0 Å². The average molecular weight is 328 g/mol. The summed E-state index contributed by atoms with van der Waals surface area (Å²) in [4.78, 5) is 19.3. The molecule has 6 heteroatoms. The molecule has 1 aliphatic carbocycles. The van der Waals surface area contributed by atoms with E-state index >= 15 is 0 Å². The fraction of sp³-hybridized carbons (Fsp3) is 0.611. The molecule has 24 heavy (non-hydrogen) atoms. The molecule has 0 aromatic carbocycles. The highest BCUT2D eigenvalue weighted by atomic mass is 16.3. The first-order chi connectivity index (χ1) is 11.5. The molecule has 1 saturated heterocycles. The lowest BCUT2D eigenvalue weighted by atomic mass is 9.69.